The molecule has 0 amide bonds. The van der Waals surface area contributed by atoms with E-state index in [-0.39, 0.29) is 0 Å². The topological polar surface area (TPSA) is 6.48 Å². The van der Waals surface area contributed by atoms with E-state index in [0.29, 0.717) is 0 Å². The van der Waals surface area contributed by atoms with Gasteiger partial charge in [0.15, 0.2) is 0 Å². The highest BCUT2D eigenvalue weighted by Gasteiger charge is 2.18. The first-order valence-corrected chi connectivity index (χ1v) is 17.6. The van der Waals surface area contributed by atoms with Crippen molar-refractivity contribution in [1.29, 1.82) is 0 Å². The van der Waals surface area contributed by atoms with Crippen LogP contribution in [-0.4, -0.2) is 6.54 Å². The van der Waals surface area contributed by atoms with Gasteiger partial charge in [-0.25, -0.2) is 0 Å². The fourth-order valence-electron chi connectivity index (χ4n) is 6.69. The molecule has 3 aromatic carbocycles. The largest absolute Gasteiger partial charge is 0.341 e. The molecule has 0 saturated heterocycles. The van der Waals surface area contributed by atoms with Gasteiger partial charge in [-0.1, -0.05) is 116 Å². The van der Waals surface area contributed by atoms with Gasteiger partial charge in [-0.15, -0.1) is 0 Å². The van der Waals surface area contributed by atoms with Crippen molar-refractivity contribution in [3.05, 3.63) is 192 Å². The summed E-state index contributed by atoms with van der Waals surface area (Å²) in [6, 6.07) is 18.4. The Morgan fingerprint density at radius 2 is 1.39 bits per heavy atom. The molecule has 3 aliphatic rings. The molecule has 0 radical (unpaired) electrons. The summed E-state index contributed by atoms with van der Waals surface area (Å²) in [5.74, 6) is 0. The highest BCUT2D eigenvalue weighted by atomic mass is 15.2. The summed E-state index contributed by atoms with van der Waals surface area (Å²) in [7, 11) is 0. The van der Waals surface area contributed by atoms with Crippen LogP contribution >= 0.6 is 0 Å². The Balaban J connectivity index is 1.40. The van der Waals surface area contributed by atoms with Gasteiger partial charge in [-0.3, -0.25) is 0 Å². The van der Waals surface area contributed by atoms with E-state index >= 15 is 0 Å². The van der Waals surface area contributed by atoms with Crippen molar-refractivity contribution in [2.75, 3.05) is 16.3 Å². The summed E-state index contributed by atoms with van der Waals surface area (Å²) >= 11 is 0. The summed E-state index contributed by atoms with van der Waals surface area (Å²) in [5.41, 5.74) is 11.1. The minimum Gasteiger partial charge on any atom is -0.341 e. The monoisotopic (exact) mass is 640 g/mol. The molecule has 0 bridgehead atoms. The van der Waals surface area contributed by atoms with Gasteiger partial charge < -0.3 is 9.80 Å². The fraction of sp³-hybridized carbons (Fsp3) is 0.191. The molecule has 3 aromatic rings. The van der Waals surface area contributed by atoms with E-state index in [4.69, 9.17) is 0 Å². The molecule has 0 aromatic heterocycles. The van der Waals surface area contributed by atoms with E-state index in [1.165, 1.54) is 66.6 Å². The zero-order valence-electron chi connectivity index (χ0n) is 29.5. The van der Waals surface area contributed by atoms with E-state index in [9.17, 15) is 0 Å². The predicted octanol–water partition coefficient (Wildman–Crippen LogP) is 13.1. The van der Waals surface area contributed by atoms with E-state index in [0.717, 1.165) is 37.9 Å². The smallest absolute Gasteiger partial charge is 0.0468 e. The number of hydrogen-bond donors (Lipinski definition) is 0. The molecule has 246 valence electrons. The first-order valence-electron chi connectivity index (χ1n) is 17.6. The van der Waals surface area contributed by atoms with Crippen LogP contribution in [0.25, 0.3) is 21.5 Å². The summed E-state index contributed by atoms with van der Waals surface area (Å²) in [5, 5.41) is 5.00. The van der Waals surface area contributed by atoms with Crippen LogP contribution in [0.15, 0.2) is 192 Å². The van der Waals surface area contributed by atoms with Gasteiger partial charge in [0, 0.05) is 41.4 Å². The molecule has 0 aliphatic heterocycles. The van der Waals surface area contributed by atoms with E-state index < -0.39 is 0 Å². The number of allylic oxidation sites excluding steroid dienone is 19. The third-order valence-corrected chi connectivity index (χ3v) is 9.34. The molecule has 0 N–H and O–H groups in total. The maximum atomic E-state index is 3.95. The summed E-state index contributed by atoms with van der Waals surface area (Å²) < 4.78 is 0. The minimum atomic E-state index is 0.786. The van der Waals surface area contributed by atoms with Gasteiger partial charge in [-0.2, -0.15) is 0 Å². The maximum Gasteiger partial charge on any atom is 0.0468 e. The molecule has 0 heterocycles. The Hall–Kier alpha value is -5.34. The number of benzene rings is 3. The molecule has 0 atom stereocenters. The molecule has 0 saturated carbocycles. The van der Waals surface area contributed by atoms with Crippen molar-refractivity contribution in [3.63, 3.8) is 0 Å². The highest BCUT2D eigenvalue weighted by molar-refractivity contribution is 6.09. The van der Waals surface area contributed by atoms with Crippen molar-refractivity contribution in [1.82, 2.24) is 0 Å². The maximum absolute atomic E-state index is 3.95. The van der Waals surface area contributed by atoms with Crippen LogP contribution in [0, 0.1) is 0 Å². The van der Waals surface area contributed by atoms with Gasteiger partial charge in [0.2, 0.25) is 0 Å². The molecule has 6 rings (SSSR count). The van der Waals surface area contributed by atoms with Crippen molar-refractivity contribution >= 4 is 32.9 Å². The van der Waals surface area contributed by atoms with Gasteiger partial charge in [0.25, 0.3) is 0 Å². The second-order valence-corrected chi connectivity index (χ2v) is 13.0. The predicted molar refractivity (Wildman–Crippen MR) is 216 cm³/mol. The Kier molecular flexibility index (Phi) is 10.8. The normalized spacial score (nSPS) is 16.7. The number of rotatable bonds is 10. The second kappa shape index (κ2) is 15.7. The molecule has 0 spiro atoms. The summed E-state index contributed by atoms with van der Waals surface area (Å²) in [4.78, 5) is 4.84. The van der Waals surface area contributed by atoms with Gasteiger partial charge in [0.1, 0.15) is 0 Å². The fourth-order valence-corrected chi connectivity index (χ4v) is 6.69. The first kappa shape index (κ1) is 33.6. The van der Waals surface area contributed by atoms with Crippen molar-refractivity contribution in [2.24, 2.45) is 0 Å². The Labute approximate surface area is 293 Å². The van der Waals surface area contributed by atoms with Crippen molar-refractivity contribution < 1.29 is 0 Å². The van der Waals surface area contributed by atoms with Crippen LogP contribution in [0.2, 0.25) is 0 Å². The number of anilines is 2. The number of hydrogen-bond acceptors (Lipinski definition) is 2. The molecule has 49 heavy (non-hydrogen) atoms. The third kappa shape index (κ3) is 8.04. The van der Waals surface area contributed by atoms with Crippen LogP contribution in [0.1, 0.15) is 53.4 Å². The minimum absolute atomic E-state index is 0.786. The van der Waals surface area contributed by atoms with Crippen LogP contribution in [-0.2, 0) is 0 Å². The quantitative estimate of drug-likeness (QED) is 0.161. The molecule has 3 aliphatic carbocycles. The standard InChI is InChI=1S/C47H48N2/c1-6-38(7-2)19-14-15-29-48(41-20-11-8-16-35(3)30-41)42-25-27-46-39(33-42)23-24-40-34-45(26-28-47(40)46)49(43-21-12-9-17-36(4)31-43)44-22-13-10-18-37(5)32-44/h6,8,11-19,21-28,30-34H,1,7,9-10,20,29H2,2-5H3/b15-14-,38-19+. The van der Waals surface area contributed by atoms with E-state index in [1.54, 1.807) is 0 Å². The van der Waals surface area contributed by atoms with Crippen LogP contribution in [0.4, 0.5) is 11.4 Å². The van der Waals surface area contributed by atoms with Crippen LogP contribution in [0.3, 0.4) is 0 Å². The Bertz CT molecular complexity index is 2050. The zero-order valence-corrected chi connectivity index (χ0v) is 29.5. The zero-order chi connectivity index (χ0) is 34.2. The molecule has 2 nitrogen and oxygen atoms in total. The van der Waals surface area contributed by atoms with E-state index in [1.807, 2.05) is 6.08 Å². The summed E-state index contributed by atoms with van der Waals surface area (Å²) in [6.07, 6.45) is 39.4. The molecule has 2 heteroatoms. The summed E-state index contributed by atoms with van der Waals surface area (Å²) in [6.45, 7) is 13.5. The van der Waals surface area contributed by atoms with Crippen molar-refractivity contribution in [2.45, 2.75) is 53.4 Å². The Morgan fingerprint density at radius 1 is 0.755 bits per heavy atom. The third-order valence-electron chi connectivity index (χ3n) is 9.34. The molecule has 0 unspecified atom stereocenters. The average Bonchev–Trinajstić information content (AvgIpc) is 3.56. The molecular formula is C47H48N2. The first-order chi connectivity index (χ1) is 23.9. The van der Waals surface area contributed by atoms with Gasteiger partial charge >= 0.3 is 0 Å². The van der Waals surface area contributed by atoms with E-state index in [2.05, 4.69) is 184 Å². The second-order valence-electron chi connectivity index (χ2n) is 13.0. The van der Waals surface area contributed by atoms with Crippen LogP contribution in [0.5, 0.6) is 0 Å². The average molecular weight is 641 g/mol. The Morgan fingerprint density at radius 3 is 2.02 bits per heavy atom. The van der Waals surface area contributed by atoms with Crippen molar-refractivity contribution in [3.8, 4) is 0 Å². The van der Waals surface area contributed by atoms with Gasteiger partial charge in [-0.05, 0) is 127 Å². The number of nitrogens with zero attached hydrogens (tertiary/aromatic N) is 2. The molecule has 0 fully saturated rings. The highest BCUT2D eigenvalue weighted by Crippen LogP contribution is 2.36. The lowest BCUT2D eigenvalue weighted by atomic mass is 10.00. The number of fused-ring (bicyclic) bond motifs is 3. The van der Waals surface area contributed by atoms with Crippen LogP contribution < -0.4 is 9.80 Å². The lowest BCUT2D eigenvalue weighted by Gasteiger charge is -2.28. The lowest BCUT2D eigenvalue weighted by Crippen LogP contribution is -2.22. The molecular weight excluding hydrogens is 593 g/mol. The SMILES string of the molecule is C=C/C(=C\C=C/CN(C1=CC(C)=CC=CC1)c1ccc2c(ccc3cc(N(C4=CC(C)=CCC=C4)C4=CC(C)=CCC=C4)ccc32)c1)CC. The van der Waals surface area contributed by atoms with Gasteiger partial charge in [0.05, 0.1) is 0 Å². The lowest BCUT2D eigenvalue weighted by molar-refractivity contribution is 0.965.